The van der Waals surface area contributed by atoms with Crippen LogP contribution in [-0.2, 0) is 11.2 Å². The number of aliphatic hydroxyl groups excluding tert-OH is 1. The molecular weight excluding hydrogens is 344 g/mol. The maximum absolute atomic E-state index is 11.8. The van der Waals surface area contributed by atoms with Crippen LogP contribution in [0, 0.1) is 5.92 Å². The summed E-state index contributed by atoms with van der Waals surface area (Å²) in [5.74, 6) is 0.895. The summed E-state index contributed by atoms with van der Waals surface area (Å²) in [5.41, 5.74) is 1.34. The third-order valence-corrected chi connectivity index (χ3v) is 3.52. The Morgan fingerprint density at radius 3 is 2.44 bits per heavy atom. The van der Waals surface area contributed by atoms with Crippen molar-refractivity contribution < 1.29 is 14.6 Å². The number of carbonyl (C=O) groups excluding carboxylic acids is 1. The number of aliphatic hydroxyl groups is 1. The number of nitrogens with zero attached hydrogens (tertiary/aromatic N) is 1. The number of amides is 1. The van der Waals surface area contributed by atoms with Gasteiger partial charge in [-0.05, 0) is 57.7 Å². The SMILES string of the molecule is CCNC(=NCC(C)CO)NCCc1ccc(NC(=O)OC(C)(C)C)cc1. The third kappa shape index (κ3) is 10.5. The van der Waals surface area contributed by atoms with E-state index in [4.69, 9.17) is 9.84 Å². The Kier molecular flexibility index (Phi) is 9.64. The van der Waals surface area contributed by atoms with Crippen molar-refractivity contribution in [2.24, 2.45) is 10.9 Å². The maximum atomic E-state index is 11.8. The standard InChI is InChI=1S/C20H34N4O3/c1-6-21-18(23-13-15(2)14-25)22-12-11-16-7-9-17(10-8-16)24-19(26)27-20(3,4)5/h7-10,15,25H,6,11-14H2,1-5H3,(H,24,26)(H2,21,22,23). The number of nitrogens with one attached hydrogen (secondary N) is 3. The Bertz CT molecular complexity index is 594. The van der Waals surface area contributed by atoms with E-state index >= 15 is 0 Å². The van der Waals surface area contributed by atoms with E-state index in [-0.39, 0.29) is 12.5 Å². The van der Waals surface area contributed by atoms with Crippen LogP contribution in [0.25, 0.3) is 0 Å². The average molecular weight is 379 g/mol. The lowest BCUT2D eigenvalue weighted by molar-refractivity contribution is 0.0636. The summed E-state index contributed by atoms with van der Waals surface area (Å²) in [5, 5.41) is 18.3. The average Bonchev–Trinajstić information content (AvgIpc) is 2.59. The van der Waals surface area contributed by atoms with E-state index in [0.29, 0.717) is 12.2 Å². The Hall–Kier alpha value is -2.28. The molecule has 1 atom stereocenters. The zero-order chi connectivity index (χ0) is 20.3. The van der Waals surface area contributed by atoms with Crippen molar-refractivity contribution >= 4 is 17.7 Å². The van der Waals surface area contributed by atoms with Crippen LogP contribution < -0.4 is 16.0 Å². The molecular formula is C20H34N4O3. The second kappa shape index (κ2) is 11.4. The molecule has 0 aliphatic rings. The zero-order valence-electron chi connectivity index (χ0n) is 17.1. The summed E-state index contributed by atoms with van der Waals surface area (Å²) >= 11 is 0. The lowest BCUT2D eigenvalue weighted by Gasteiger charge is -2.19. The number of aliphatic imine (C=N–C) groups is 1. The molecule has 0 spiro atoms. The quantitative estimate of drug-likeness (QED) is 0.412. The molecule has 0 saturated heterocycles. The molecule has 1 rings (SSSR count). The van der Waals surface area contributed by atoms with E-state index < -0.39 is 11.7 Å². The van der Waals surface area contributed by atoms with Gasteiger partial charge >= 0.3 is 6.09 Å². The normalized spacial score (nSPS) is 13.0. The van der Waals surface area contributed by atoms with Crippen molar-refractivity contribution in [3.05, 3.63) is 29.8 Å². The first kappa shape index (κ1) is 22.8. The molecule has 0 saturated carbocycles. The van der Waals surface area contributed by atoms with Crippen LogP contribution in [0.3, 0.4) is 0 Å². The molecule has 1 aromatic rings. The van der Waals surface area contributed by atoms with Gasteiger partial charge in [-0.1, -0.05) is 19.1 Å². The number of rotatable bonds is 8. The van der Waals surface area contributed by atoms with Crippen LogP contribution in [-0.4, -0.2) is 49.0 Å². The molecule has 1 unspecified atom stereocenters. The van der Waals surface area contributed by atoms with Gasteiger partial charge in [0.15, 0.2) is 5.96 Å². The van der Waals surface area contributed by atoms with Gasteiger partial charge in [-0.15, -0.1) is 0 Å². The van der Waals surface area contributed by atoms with Gasteiger partial charge in [-0.3, -0.25) is 10.3 Å². The number of hydrogen-bond donors (Lipinski definition) is 4. The summed E-state index contributed by atoms with van der Waals surface area (Å²) in [7, 11) is 0. The van der Waals surface area contributed by atoms with Gasteiger partial charge in [0.05, 0.1) is 0 Å². The second-order valence-corrected chi connectivity index (χ2v) is 7.51. The number of hydrogen-bond acceptors (Lipinski definition) is 4. The molecule has 0 radical (unpaired) electrons. The van der Waals surface area contributed by atoms with Crippen molar-refractivity contribution in [3.63, 3.8) is 0 Å². The number of anilines is 1. The highest BCUT2D eigenvalue weighted by Crippen LogP contribution is 2.13. The maximum Gasteiger partial charge on any atom is 0.412 e. The fourth-order valence-electron chi connectivity index (χ4n) is 2.15. The Morgan fingerprint density at radius 1 is 1.22 bits per heavy atom. The van der Waals surface area contributed by atoms with E-state index in [1.54, 1.807) is 0 Å². The summed E-state index contributed by atoms with van der Waals surface area (Å²) in [4.78, 5) is 16.2. The van der Waals surface area contributed by atoms with Crippen molar-refractivity contribution in [1.29, 1.82) is 0 Å². The van der Waals surface area contributed by atoms with Gasteiger partial charge in [-0.25, -0.2) is 4.79 Å². The molecule has 0 heterocycles. The van der Waals surface area contributed by atoms with Crippen molar-refractivity contribution in [2.75, 3.05) is 31.6 Å². The van der Waals surface area contributed by atoms with E-state index in [1.807, 2.05) is 58.9 Å². The van der Waals surface area contributed by atoms with E-state index in [2.05, 4.69) is 20.9 Å². The molecule has 0 aliphatic carbocycles. The van der Waals surface area contributed by atoms with Gasteiger partial charge in [0.1, 0.15) is 5.60 Å². The summed E-state index contributed by atoms with van der Waals surface area (Å²) < 4.78 is 5.24. The number of benzene rings is 1. The monoisotopic (exact) mass is 378 g/mol. The molecule has 7 heteroatoms. The summed E-state index contributed by atoms with van der Waals surface area (Å²) in [6.07, 6.45) is 0.368. The zero-order valence-corrected chi connectivity index (χ0v) is 17.1. The van der Waals surface area contributed by atoms with Gasteiger partial charge in [0.2, 0.25) is 0 Å². The van der Waals surface area contributed by atoms with Gasteiger partial charge in [0.25, 0.3) is 0 Å². The molecule has 0 aliphatic heterocycles. The second-order valence-electron chi connectivity index (χ2n) is 7.51. The minimum Gasteiger partial charge on any atom is -0.444 e. The first-order valence-corrected chi connectivity index (χ1v) is 9.45. The molecule has 0 bridgehead atoms. The lowest BCUT2D eigenvalue weighted by atomic mass is 10.1. The molecule has 1 amide bonds. The van der Waals surface area contributed by atoms with Gasteiger partial charge in [0, 0.05) is 31.9 Å². The number of ether oxygens (including phenoxy) is 1. The lowest BCUT2D eigenvalue weighted by Crippen LogP contribution is -2.38. The van der Waals surface area contributed by atoms with Crippen molar-refractivity contribution in [3.8, 4) is 0 Å². The first-order chi connectivity index (χ1) is 12.7. The van der Waals surface area contributed by atoms with Crippen molar-refractivity contribution in [2.45, 2.75) is 46.6 Å². The van der Waals surface area contributed by atoms with Crippen molar-refractivity contribution in [1.82, 2.24) is 10.6 Å². The van der Waals surface area contributed by atoms with Crippen LogP contribution in [0.5, 0.6) is 0 Å². The van der Waals surface area contributed by atoms with Crippen LogP contribution in [0.2, 0.25) is 0 Å². The van der Waals surface area contributed by atoms with Crippen LogP contribution in [0.1, 0.15) is 40.2 Å². The fraction of sp³-hybridized carbons (Fsp3) is 0.600. The summed E-state index contributed by atoms with van der Waals surface area (Å²) in [6.45, 7) is 11.7. The van der Waals surface area contributed by atoms with Crippen LogP contribution in [0.15, 0.2) is 29.3 Å². The summed E-state index contributed by atoms with van der Waals surface area (Å²) in [6, 6.07) is 7.68. The minimum absolute atomic E-state index is 0.132. The highest BCUT2D eigenvalue weighted by atomic mass is 16.6. The molecule has 4 N–H and O–H groups in total. The Labute approximate surface area is 162 Å². The molecule has 0 aromatic heterocycles. The largest absolute Gasteiger partial charge is 0.444 e. The molecule has 7 nitrogen and oxygen atoms in total. The van der Waals surface area contributed by atoms with E-state index in [9.17, 15) is 4.79 Å². The highest BCUT2D eigenvalue weighted by molar-refractivity contribution is 5.84. The van der Waals surface area contributed by atoms with Gasteiger partial charge < -0.3 is 20.5 Å². The third-order valence-electron chi connectivity index (χ3n) is 3.52. The Balaban J connectivity index is 2.47. The number of carbonyl (C=O) groups is 1. The predicted octanol–water partition coefficient (Wildman–Crippen LogP) is 2.76. The molecule has 1 aromatic carbocycles. The molecule has 152 valence electrons. The molecule has 0 fully saturated rings. The molecule has 27 heavy (non-hydrogen) atoms. The van der Waals surface area contributed by atoms with E-state index in [1.165, 1.54) is 0 Å². The van der Waals surface area contributed by atoms with Gasteiger partial charge in [-0.2, -0.15) is 0 Å². The smallest absolute Gasteiger partial charge is 0.412 e. The minimum atomic E-state index is -0.517. The van der Waals surface area contributed by atoms with E-state index in [0.717, 1.165) is 31.0 Å². The van der Waals surface area contributed by atoms with Crippen LogP contribution >= 0.6 is 0 Å². The fourth-order valence-corrected chi connectivity index (χ4v) is 2.15. The highest BCUT2D eigenvalue weighted by Gasteiger charge is 2.16. The van der Waals surface area contributed by atoms with Crippen LogP contribution in [0.4, 0.5) is 10.5 Å². The number of guanidine groups is 1. The first-order valence-electron chi connectivity index (χ1n) is 9.45. The predicted molar refractivity (Wildman–Crippen MR) is 110 cm³/mol. The topological polar surface area (TPSA) is 95.0 Å². The Morgan fingerprint density at radius 2 is 1.89 bits per heavy atom.